The Balaban J connectivity index is 1.74. The predicted molar refractivity (Wildman–Crippen MR) is 96.8 cm³/mol. The van der Waals surface area contributed by atoms with Crippen LogP contribution < -0.4 is 0 Å². The Labute approximate surface area is 143 Å². The molecule has 0 atom stereocenters. The third-order valence-electron chi connectivity index (χ3n) is 4.91. The summed E-state index contributed by atoms with van der Waals surface area (Å²) in [5.41, 5.74) is 1.40. The van der Waals surface area contributed by atoms with Gasteiger partial charge in [0.15, 0.2) is 9.84 Å². The largest absolute Gasteiger partial charge is 0.229 e. The van der Waals surface area contributed by atoms with E-state index in [1.165, 1.54) is 24.8 Å². The van der Waals surface area contributed by atoms with Crippen molar-refractivity contribution in [2.24, 2.45) is 11.8 Å². The van der Waals surface area contributed by atoms with Gasteiger partial charge in [0.2, 0.25) is 0 Å². The second-order valence-corrected chi connectivity index (χ2v) is 10.4. The highest BCUT2D eigenvalue weighted by Crippen LogP contribution is 2.33. The molecule has 0 radical (unpaired) electrons. The number of hydrogen-bond acceptors (Lipinski definition) is 2. The normalized spacial score (nSPS) is 22.9. The molecule has 0 unspecified atom stereocenters. The van der Waals surface area contributed by atoms with Crippen LogP contribution in [0.4, 0.5) is 0 Å². The monoisotopic (exact) mass is 386 g/mol. The number of benzene rings is 1. The zero-order valence-electron chi connectivity index (χ0n) is 13.6. The van der Waals surface area contributed by atoms with Crippen molar-refractivity contribution in [1.29, 1.82) is 0 Å². The van der Waals surface area contributed by atoms with E-state index in [2.05, 4.69) is 40.2 Å². The van der Waals surface area contributed by atoms with Crippen LogP contribution in [0.25, 0.3) is 0 Å². The third kappa shape index (κ3) is 5.38. The van der Waals surface area contributed by atoms with Crippen LogP contribution in [0.2, 0.25) is 0 Å². The van der Waals surface area contributed by atoms with Crippen molar-refractivity contribution in [3.8, 4) is 0 Å². The zero-order valence-corrected chi connectivity index (χ0v) is 16.0. The second-order valence-electron chi connectivity index (χ2n) is 6.93. The van der Waals surface area contributed by atoms with Crippen LogP contribution in [0.15, 0.2) is 28.7 Å². The van der Waals surface area contributed by atoms with Gasteiger partial charge in [-0.15, -0.1) is 0 Å². The molecule has 0 aromatic heterocycles. The van der Waals surface area contributed by atoms with Crippen LogP contribution in [0.3, 0.4) is 0 Å². The molecule has 0 bridgehead atoms. The highest BCUT2D eigenvalue weighted by Gasteiger charge is 2.26. The molecule has 124 valence electrons. The molecule has 22 heavy (non-hydrogen) atoms. The molecule has 1 saturated carbocycles. The first-order chi connectivity index (χ1) is 10.4. The summed E-state index contributed by atoms with van der Waals surface area (Å²) in [6, 6.07) is 8.57. The lowest BCUT2D eigenvalue weighted by Gasteiger charge is -2.28. The van der Waals surface area contributed by atoms with Gasteiger partial charge in [-0.25, -0.2) is 8.42 Å². The van der Waals surface area contributed by atoms with Crippen molar-refractivity contribution in [3.63, 3.8) is 0 Å². The molecule has 1 aliphatic carbocycles. The van der Waals surface area contributed by atoms with E-state index in [1.807, 2.05) is 0 Å². The number of halogens is 1. The topological polar surface area (TPSA) is 34.1 Å². The highest BCUT2D eigenvalue weighted by molar-refractivity contribution is 9.10. The summed E-state index contributed by atoms with van der Waals surface area (Å²) in [7, 11) is -2.88. The number of rotatable bonds is 6. The van der Waals surface area contributed by atoms with Crippen molar-refractivity contribution in [1.82, 2.24) is 0 Å². The predicted octanol–water partition coefficient (Wildman–Crippen LogP) is 5.01. The van der Waals surface area contributed by atoms with Crippen LogP contribution >= 0.6 is 15.9 Å². The van der Waals surface area contributed by atoms with Crippen LogP contribution in [0, 0.1) is 11.8 Å². The maximum Gasteiger partial charge on any atom is 0.152 e. The smallest absolute Gasteiger partial charge is 0.152 e. The van der Waals surface area contributed by atoms with Crippen LogP contribution in [0.1, 0.15) is 51.5 Å². The van der Waals surface area contributed by atoms with Crippen molar-refractivity contribution >= 4 is 25.8 Å². The minimum absolute atomic E-state index is 0.234. The minimum Gasteiger partial charge on any atom is -0.229 e. The summed E-state index contributed by atoms with van der Waals surface area (Å²) in [4.78, 5) is 0. The molecule has 0 amide bonds. The third-order valence-corrected chi connectivity index (χ3v) is 7.81. The van der Waals surface area contributed by atoms with E-state index in [4.69, 9.17) is 0 Å². The SMILES string of the molecule is CC(C)S(=O)(=O)CC1CCC(CCc2ccc(Br)cc2)CC1. The molecule has 0 N–H and O–H groups in total. The molecule has 1 fully saturated rings. The van der Waals surface area contributed by atoms with Crippen LogP contribution in [-0.2, 0) is 16.3 Å². The fourth-order valence-electron chi connectivity index (χ4n) is 3.23. The van der Waals surface area contributed by atoms with E-state index in [9.17, 15) is 8.42 Å². The van der Waals surface area contributed by atoms with Gasteiger partial charge in [0, 0.05) is 4.47 Å². The van der Waals surface area contributed by atoms with E-state index < -0.39 is 9.84 Å². The first kappa shape index (κ1) is 18.0. The van der Waals surface area contributed by atoms with Crippen molar-refractivity contribution in [2.45, 2.75) is 57.6 Å². The lowest BCUT2D eigenvalue weighted by Crippen LogP contribution is -2.26. The van der Waals surface area contributed by atoms with Gasteiger partial charge in [-0.2, -0.15) is 0 Å². The fraction of sp³-hybridized carbons (Fsp3) is 0.667. The van der Waals surface area contributed by atoms with Gasteiger partial charge in [0.05, 0.1) is 11.0 Å². The highest BCUT2D eigenvalue weighted by atomic mass is 79.9. The molecule has 1 aromatic carbocycles. The van der Waals surface area contributed by atoms with Crippen molar-refractivity contribution in [3.05, 3.63) is 34.3 Å². The Hall–Kier alpha value is -0.350. The Morgan fingerprint density at radius 1 is 1.05 bits per heavy atom. The Kier molecular flexibility index (Phi) is 6.51. The van der Waals surface area contributed by atoms with Gasteiger partial charge in [-0.3, -0.25) is 0 Å². The lowest BCUT2D eigenvalue weighted by molar-refractivity contribution is 0.278. The van der Waals surface area contributed by atoms with Gasteiger partial charge < -0.3 is 0 Å². The number of aryl methyl sites for hydroxylation is 1. The molecular weight excluding hydrogens is 360 g/mol. The molecule has 4 heteroatoms. The van der Waals surface area contributed by atoms with Crippen LogP contribution in [-0.4, -0.2) is 19.4 Å². The molecule has 0 heterocycles. The average Bonchev–Trinajstić information content (AvgIpc) is 2.48. The average molecular weight is 387 g/mol. The second kappa shape index (κ2) is 7.96. The number of hydrogen-bond donors (Lipinski definition) is 0. The summed E-state index contributed by atoms with van der Waals surface area (Å²) in [5.74, 6) is 1.54. The quantitative estimate of drug-likeness (QED) is 0.688. The summed E-state index contributed by atoms with van der Waals surface area (Å²) < 4.78 is 25.2. The van der Waals surface area contributed by atoms with Gasteiger partial charge in [-0.1, -0.05) is 40.9 Å². The molecule has 0 spiro atoms. The molecule has 1 aromatic rings. The molecule has 0 saturated heterocycles. The first-order valence-corrected chi connectivity index (χ1v) is 10.8. The Morgan fingerprint density at radius 3 is 2.14 bits per heavy atom. The Morgan fingerprint density at radius 2 is 1.59 bits per heavy atom. The first-order valence-electron chi connectivity index (χ1n) is 8.33. The van der Waals surface area contributed by atoms with Crippen molar-refractivity contribution in [2.75, 3.05) is 5.75 Å². The van der Waals surface area contributed by atoms with E-state index >= 15 is 0 Å². The molecule has 2 nitrogen and oxygen atoms in total. The standard InChI is InChI=1S/C18H27BrO2S/c1-14(2)22(20,21)13-17-7-5-15(6-8-17)3-4-16-9-11-18(19)12-10-16/h9-12,14-15,17H,3-8,13H2,1-2H3. The lowest BCUT2D eigenvalue weighted by atomic mass is 9.80. The van der Waals surface area contributed by atoms with E-state index in [0.717, 1.165) is 29.7 Å². The zero-order chi connectivity index (χ0) is 16.2. The summed E-state index contributed by atoms with van der Waals surface area (Å²) in [6.07, 6.45) is 6.90. The maximum atomic E-state index is 12.0. The summed E-state index contributed by atoms with van der Waals surface area (Å²) >= 11 is 3.46. The van der Waals surface area contributed by atoms with Gasteiger partial charge in [0.25, 0.3) is 0 Å². The number of sulfone groups is 1. The van der Waals surface area contributed by atoms with E-state index in [0.29, 0.717) is 11.7 Å². The Bertz CT molecular complexity index is 555. The molecule has 2 rings (SSSR count). The van der Waals surface area contributed by atoms with E-state index in [1.54, 1.807) is 13.8 Å². The molecular formula is C18H27BrO2S. The van der Waals surface area contributed by atoms with E-state index in [-0.39, 0.29) is 5.25 Å². The molecule has 0 aliphatic heterocycles. The van der Waals surface area contributed by atoms with Crippen LogP contribution in [0.5, 0.6) is 0 Å². The van der Waals surface area contributed by atoms with Crippen molar-refractivity contribution < 1.29 is 8.42 Å². The summed E-state index contributed by atoms with van der Waals surface area (Å²) in [5, 5.41) is -0.234. The van der Waals surface area contributed by atoms with Gasteiger partial charge in [0.1, 0.15) is 0 Å². The summed E-state index contributed by atoms with van der Waals surface area (Å²) in [6.45, 7) is 3.58. The fourth-order valence-corrected chi connectivity index (χ4v) is 4.87. The van der Waals surface area contributed by atoms with Gasteiger partial charge in [-0.05, 0) is 69.1 Å². The van der Waals surface area contributed by atoms with Gasteiger partial charge >= 0.3 is 0 Å². The maximum absolute atomic E-state index is 12.0. The minimum atomic E-state index is -2.88. The molecule has 1 aliphatic rings.